The molecule has 214 valence electrons. The van der Waals surface area contributed by atoms with Crippen LogP contribution in [0.3, 0.4) is 0 Å². The summed E-state index contributed by atoms with van der Waals surface area (Å²) in [5, 5.41) is 3.87. The Balaban J connectivity index is 2.09. The van der Waals surface area contributed by atoms with E-state index >= 15 is 0 Å². The van der Waals surface area contributed by atoms with Crippen molar-refractivity contribution in [2.75, 3.05) is 10.8 Å². The van der Waals surface area contributed by atoms with Gasteiger partial charge in [0.15, 0.2) is 0 Å². The van der Waals surface area contributed by atoms with E-state index in [4.69, 9.17) is 34.8 Å². The lowest BCUT2D eigenvalue weighted by Crippen LogP contribution is -2.55. The van der Waals surface area contributed by atoms with Crippen molar-refractivity contribution in [3.8, 4) is 0 Å². The van der Waals surface area contributed by atoms with Gasteiger partial charge in [-0.1, -0.05) is 72.1 Å². The highest BCUT2D eigenvalue weighted by atomic mass is 35.5. The fraction of sp³-hybridized carbons (Fsp3) is 0.310. The first-order valence-corrected chi connectivity index (χ1v) is 15.2. The molecule has 0 saturated heterocycles. The van der Waals surface area contributed by atoms with Crippen LogP contribution in [-0.4, -0.2) is 43.3 Å². The number of halogens is 3. The van der Waals surface area contributed by atoms with Gasteiger partial charge in [0.1, 0.15) is 12.6 Å². The zero-order valence-corrected chi connectivity index (χ0v) is 25.8. The van der Waals surface area contributed by atoms with Gasteiger partial charge in [-0.3, -0.25) is 13.9 Å². The molecule has 3 aromatic rings. The molecule has 0 fully saturated rings. The average molecular weight is 625 g/mol. The van der Waals surface area contributed by atoms with Gasteiger partial charge in [-0.15, -0.1) is 0 Å². The predicted molar refractivity (Wildman–Crippen MR) is 161 cm³/mol. The molecule has 0 aliphatic rings. The van der Waals surface area contributed by atoms with Crippen LogP contribution in [0.4, 0.5) is 5.69 Å². The van der Waals surface area contributed by atoms with Crippen molar-refractivity contribution in [1.29, 1.82) is 0 Å². The number of hydrogen-bond donors (Lipinski definition) is 1. The summed E-state index contributed by atoms with van der Waals surface area (Å²) in [6.07, 6.45) is 0.301. The van der Waals surface area contributed by atoms with Gasteiger partial charge in [0.2, 0.25) is 11.8 Å². The maximum absolute atomic E-state index is 14.1. The summed E-state index contributed by atoms with van der Waals surface area (Å²) in [5.74, 6) is -0.929. The number of carbonyl (C=O) groups is 2. The summed E-state index contributed by atoms with van der Waals surface area (Å²) < 4.78 is 28.7. The van der Waals surface area contributed by atoms with E-state index in [1.807, 2.05) is 20.8 Å². The molecular formula is C29H32Cl3N3O4S. The van der Waals surface area contributed by atoms with Crippen LogP contribution in [0.15, 0.2) is 77.7 Å². The minimum absolute atomic E-state index is 0.0133. The molecule has 3 rings (SSSR count). The van der Waals surface area contributed by atoms with Gasteiger partial charge in [0.25, 0.3) is 10.0 Å². The second-order valence-electron chi connectivity index (χ2n) is 10.3. The summed E-state index contributed by atoms with van der Waals surface area (Å²) in [6, 6.07) is 18.1. The molecule has 0 saturated carbocycles. The molecule has 0 aliphatic heterocycles. The Morgan fingerprint density at radius 3 is 1.98 bits per heavy atom. The number of nitrogens with zero attached hydrogens (tertiary/aromatic N) is 2. The van der Waals surface area contributed by atoms with Crippen LogP contribution in [0.5, 0.6) is 0 Å². The molecule has 1 atom stereocenters. The Kier molecular flexibility index (Phi) is 10.5. The lowest BCUT2D eigenvalue weighted by Gasteiger charge is -2.34. The Labute approximate surface area is 251 Å². The highest BCUT2D eigenvalue weighted by molar-refractivity contribution is 7.92. The summed E-state index contributed by atoms with van der Waals surface area (Å²) >= 11 is 18.5. The van der Waals surface area contributed by atoms with Crippen molar-refractivity contribution in [3.63, 3.8) is 0 Å². The topological polar surface area (TPSA) is 86.8 Å². The fourth-order valence-corrected chi connectivity index (χ4v) is 6.15. The van der Waals surface area contributed by atoms with Crippen molar-refractivity contribution in [1.82, 2.24) is 10.2 Å². The third kappa shape index (κ3) is 8.36. The minimum atomic E-state index is -4.23. The van der Waals surface area contributed by atoms with Gasteiger partial charge in [0.05, 0.1) is 10.6 Å². The molecule has 0 unspecified atom stereocenters. The van der Waals surface area contributed by atoms with Crippen LogP contribution < -0.4 is 9.62 Å². The second kappa shape index (κ2) is 13.3. The van der Waals surface area contributed by atoms with E-state index < -0.39 is 34.1 Å². The Morgan fingerprint density at radius 2 is 1.45 bits per heavy atom. The van der Waals surface area contributed by atoms with E-state index in [1.54, 1.807) is 49.4 Å². The van der Waals surface area contributed by atoms with Crippen LogP contribution in [-0.2, 0) is 26.2 Å². The molecule has 0 heterocycles. The van der Waals surface area contributed by atoms with Crippen molar-refractivity contribution in [2.24, 2.45) is 0 Å². The number of hydrogen-bond acceptors (Lipinski definition) is 4. The summed E-state index contributed by atoms with van der Waals surface area (Å²) in [6.45, 7) is 6.80. The maximum Gasteiger partial charge on any atom is 0.264 e. The van der Waals surface area contributed by atoms with E-state index in [9.17, 15) is 18.0 Å². The molecule has 0 radical (unpaired) electrons. The Bertz CT molecular complexity index is 1420. The number of rotatable bonds is 10. The normalized spacial score (nSPS) is 12.5. The number of sulfonamides is 1. The van der Waals surface area contributed by atoms with Crippen LogP contribution in [0.2, 0.25) is 15.1 Å². The van der Waals surface area contributed by atoms with Gasteiger partial charge in [-0.2, -0.15) is 0 Å². The standard InChI is InChI=1S/C29H32Cl3N3O4S/c1-5-26(28(37)33-29(2,3)4)34(18-20-11-13-21(30)14-12-20)27(36)19-35(24-16-22(31)15-23(32)17-24)40(38,39)25-9-7-6-8-10-25/h6-17,26H,5,18-19H2,1-4H3,(H,33,37)/t26-/m1/s1. The zero-order chi connectivity index (χ0) is 29.7. The second-order valence-corrected chi connectivity index (χ2v) is 13.4. The van der Waals surface area contributed by atoms with Crippen molar-refractivity contribution >= 4 is 62.3 Å². The Morgan fingerprint density at radius 1 is 0.875 bits per heavy atom. The summed E-state index contributed by atoms with van der Waals surface area (Å²) in [5.41, 5.74) is 0.302. The van der Waals surface area contributed by atoms with E-state index in [1.165, 1.54) is 35.2 Å². The van der Waals surface area contributed by atoms with Crippen LogP contribution in [0, 0.1) is 0 Å². The smallest absolute Gasteiger partial charge is 0.264 e. The lowest BCUT2D eigenvalue weighted by molar-refractivity contribution is -0.141. The molecule has 0 bridgehead atoms. The molecule has 0 spiro atoms. The molecule has 0 aliphatic carbocycles. The largest absolute Gasteiger partial charge is 0.350 e. The highest BCUT2D eigenvalue weighted by Gasteiger charge is 2.34. The molecule has 2 amide bonds. The average Bonchev–Trinajstić information content (AvgIpc) is 2.87. The third-order valence-electron chi connectivity index (χ3n) is 5.90. The number of amides is 2. The van der Waals surface area contributed by atoms with Gasteiger partial charge >= 0.3 is 0 Å². The van der Waals surface area contributed by atoms with Gasteiger partial charge in [-0.05, 0) is 75.2 Å². The minimum Gasteiger partial charge on any atom is -0.350 e. The van der Waals surface area contributed by atoms with E-state index in [0.717, 1.165) is 9.87 Å². The highest BCUT2D eigenvalue weighted by Crippen LogP contribution is 2.30. The molecule has 7 nitrogen and oxygen atoms in total. The quantitative estimate of drug-likeness (QED) is 0.277. The SMILES string of the molecule is CC[C@H](C(=O)NC(C)(C)C)N(Cc1ccc(Cl)cc1)C(=O)CN(c1cc(Cl)cc(Cl)c1)S(=O)(=O)c1ccccc1. The molecule has 1 N–H and O–H groups in total. The first kappa shape index (κ1) is 31.7. The molecule has 40 heavy (non-hydrogen) atoms. The first-order chi connectivity index (χ1) is 18.7. The van der Waals surface area contributed by atoms with Crippen LogP contribution >= 0.6 is 34.8 Å². The number of carbonyl (C=O) groups excluding carboxylic acids is 2. The predicted octanol–water partition coefficient (Wildman–Crippen LogP) is 6.56. The number of benzene rings is 3. The van der Waals surface area contributed by atoms with Crippen LogP contribution in [0.1, 0.15) is 39.7 Å². The van der Waals surface area contributed by atoms with E-state index in [2.05, 4.69) is 5.32 Å². The number of anilines is 1. The summed E-state index contributed by atoms with van der Waals surface area (Å²) in [4.78, 5) is 28.8. The molecule has 3 aromatic carbocycles. The van der Waals surface area contributed by atoms with Gasteiger partial charge < -0.3 is 10.2 Å². The molecular weight excluding hydrogens is 593 g/mol. The third-order valence-corrected chi connectivity index (χ3v) is 8.37. The maximum atomic E-state index is 14.1. The van der Waals surface area contributed by atoms with Crippen molar-refractivity contribution < 1.29 is 18.0 Å². The van der Waals surface area contributed by atoms with E-state index in [-0.39, 0.29) is 33.1 Å². The van der Waals surface area contributed by atoms with Crippen LogP contribution in [0.25, 0.3) is 0 Å². The summed E-state index contributed by atoms with van der Waals surface area (Å²) in [7, 11) is -4.23. The van der Waals surface area contributed by atoms with Gasteiger partial charge in [-0.25, -0.2) is 8.42 Å². The zero-order valence-electron chi connectivity index (χ0n) is 22.7. The molecule has 0 aromatic heterocycles. The lowest BCUT2D eigenvalue weighted by atomic mass is 10.1. The fourth-order valence-electron chi connectivity index (χ4n) is 4.09. The Hall–Kier alpha value is -2.78. The van der Waals surface area contributed by atoms with Crippen molar-refractivity contribution in [3.05, 3.63) is 93.4 Å². The van der Waals surface area contributed by atoms with Crippen molar-refractivity contribution in [2.45, 2.75) is 57.1 Å². The van der Waals surface area contributed by atoms with Gasteiger partial charge in [0, 0.05) is 27.2 Å². The van der Waals surface area contributed by atoms with E-state index in [0.29, 0.717) is 11.4 Å². The monoisotopic (exact) mass is 623 g/mol. The first-order valence-electron chi connectivity index (χ1n) is 12.6. The molecule has 11 heteroatoms. The number of nitrogens with one attached hydrogen (secondary N) is 1.